The normalized spacial score (nSPS) is 11.0. The third kappa shape index (κ3) is 1.73. The van der Waals surface area contributed by atoms with Crippen LogP contribution in [0.25, 0.3) is 16.7 Å². The maximum atomic E-state index is 6.15. The second-order valence-corrected chi connectivity index (χ2v) is 4.70. The molecule has 1 heterocycles. The average molecular weight is 258 g/mol. The van der Waals surface area contributed by atoms with Gasteiger partial charge in [0, 0.05) is 16.4 Å². The molecule has 0 fully saturated rings. The molecule has 0 aliphatic carbocycles. The number of halogens is 1. The number of aromatic nitrogens is 2. The fourth-order valence-electron chi connectivity index (χ4n) is 1.97. The van der Waals surface area contributed by atoms with Gasteiger partial charge in [0.25, 0.3) is 0 Å². The first-order chi connectivity index (χ1) is 8.65. The minimum Gasteiger partial charge on any atom is -0.399 e. The molecule has 3 rings (SSSR count). The molecule has 3 aromatic rings. The van der Waals surface area contributed by atoms with Crippen molar-refractivity contribution in [3.8, 4) is 5.69 Å². The van der Waals surface area contributed by atoms with Gasteiger partial charge in [-0.3, -0.25) is 4.57 Å². The molecule has 2 aromatic carbocycles. The van der Waals surface area contributed by atoms with E-state index in [0.717, 1.165) is 33.0 Å². The molecule has 18 heavy (non-hydrogen) atoms. The van der Waals surface area contributed by atoms with Crippen LogP contribution in [-0.4, -0.2) is 9.55 Å². The highest BCUT2D eigenvalue weighted by atomic mass is 35.5. The van der Waals surface area contributed by atoms with Gasteiger partial charge in [0.2, 0.25) is 0 Å². The van der Waals surface area contributed by atoms with Crippen LogP contribution in [0.3, 0.4) is 0 Å². The van der Waals surface area contributed by atoms with Crippen molar-refractivity contribution in [2.24, 2.45) is 0 Å². The maximum absolute atomic E-state index is 6.15. The van der Waals surface area contributed by atoms with Crippen LogP contribution in [0.15, 0.2) is 42.7 Å². The fourth-order valence-corrected chi connectivity index (χ4v) is 2.14. The Morgan fingerprint density at radius 3 is 2.78 bits per heavy atom. The van der Waals surface area contributed by atoms with Gasteiger partial charge in [-0.1, -0.05) is 17.7 Å². The molecule has 0 unspecified atom stereocenters. The molecule has 0 aliphatic heterocycles. The van der Waals surface area contributed by atoms with E-state index >= 15 is 0 Å². The van der Waals surface area contributed by atoms with E-state index in [1.807, 2.05) is 47.9 Å². The van der Waals surface area contributed by atoms with Gasteiger partial charge in [0.05, 0.1) is 11.0 Å². The Morgan fingerprint density at radius 1 is 1.17 bits per heavy atom. The highest BCUT2D eigenvalue weighted by Gasteiger charge is 2.06. The number of anilines is 1. The second-order valence-electron chi connectivity index (χ2n) is 4.30. The van der Waals surface area contributed by atoms with Crippen LogP contribution in [-0.2, 0) is 0 Å². The highest BCUT2D eigenvalue weighted by Crippen LogP contribution is 2.23. The summed E-state index contributed by atoms with van der Waals surface area (Å²) in [4.78, 5) is 4.35. The number of imidazole rings is 1. The number of hydrogen-bond acceptors (Lipinski definition) is 2. The number of hydrogen-bond donors (Lipinski definition) is 1. The lowest BCUT2D eigenvalue weighted by molar-refractivity contribution is 1.09. The molecule has 0 aliphatic rings. The highest BCUT2D eigenvalue weighted by molar-refractivity contribution is 6.31. The molecule has 0 amide bonds. The molecule has 0 saturated heterocycles. The number of benzene rings is 2. The quantitative estimate of drug-likeness (QED) is 0.678. The number of fused-ring (bicyclic) bond motifs is 1. The van der Waals surface area contributed by atoms with Gasteiger partial charge in [0.1, 0.15) is 6.33 Å². The molecule has 3 nitrogen and oxygen atoms in total. The van der Waals surface area contributed by atoms with Crippen LogP contribution in [0.2, 0.25) is 5.02 Å². The van der Waals surface area contributed by atoms with E-state index in [1.165, 1.54) is 0 Å². The summed E-state index contributed by atoms with van der Waals surface area (Å²) >= 11 is 6.15. The van der Waals surface area contributed by atoms with Crippen molar-refractivity contribution in [2.45, 2.75) is 6.92 Å². The predicted molar refractivity (Wildman–Crippen MR) is 75.2 cm³/mol. The van der Waals surface area contributed by atoms with Crippen LogP contribution in [0.1, 0.15) is 5.56 Å². The van der Waals surface area contributed by atoms with Crippen LogP contribution < -0.4 is 5.73 Å². The van der Waals surface area contributed by atoms with Crippen LogP contribution in [0.5, 0.6) is 0 Å². The zero-order valence-electron chi connectivity index (χ0n) is 9.89. The van der Waals surface area contributed by atoms with E-state index in [0.29, 0.717) is 0 Å². The third-order valence-electron chi connectivity index (χ3n) is 3.00. The third-order valence-corrected chi connectivity index (χ3v) is 3.41. The zero-order valence-corrected chi connectivity index (χ0v) is 10.6. The second kappa shape index (κ2) is 4.03. The van der Waals surface area contributed by atoms with E-state index < -0.39 is 0 Å². The van der Waals surface area contributed by atoms with E-state index in [1.54, 1.807) is 6.33 Å². The lowest BCUT2D eigenvalue weighted by Gasteiger charge is -2.06. The maximum Gasteiger partial charge on any atom is 0.100 e. The summed E-state index contributed by atoms with van der Waals surface area (Å²) in [5, 5.41) is 0.754. The number of nitrogens with two attached hydrogens (primary N) is 1. The predicted octanol–water partition coefficient (Wildman–Crippen LogP) is 3.57. The zero-order chi connectivity index (χ0) is 12.7. The largest absolute Gasteiger partial charge is 0.399 e. The molecule has 2 N–H and O–H groups in total. The van der Waals surface area contributed by atoms with Crippen molar-refractivity contribution >= 4 is 28.3 Å². The summed E-state index contributed by atoms with van der Waals surface area (Å²) in [5.74, 6) is 0. The van der Waals surface area contributed by atoms with Gasteiger partial charge in [-0.05, 0) is 42.8 Å². The summed E-state index contributed by atoms with van der Waals surface area (Å²) in [5.41, 5.74) is 10.4. The summed E-state index contributed by atoms with van der Waals surface area (Å²) in [6, 6.07) is 11.7. The average Bonchev–Trinajstić information content (AvgIpc) is 2.75. The minimum absolute atomic E-state index is 0.717. The van der Waals surface area contributed by atoms with Gasteiger partial charge in [-0.15, -0.1) is 0 Å². The van der Waals surface area contributed by atoms with Crippen LogP contribution in [0.4, 0.5) is 5.69 Å². The molecule has 0 bridgehead atoms. The fraction of sp³-hybridized carbons (Fsp3) is 0.0714. The smallest absolute Gasteiger partial charge is 0.100 e. The summed E-state index contributed by atoms with van der Waals surface area (Å²) in [6.07, 6.45) is 1.78. The van der Waals surface area contributed by atoms with Crippen molar-refractivity contribution in [1.29, 1.82) is 0 Å². The number of aryl methyl sites for hydroxylation is 1. The molecule has 4 heteroatoms. The number of nitrogens with zero attached hydrogens (tertiary/aromatic N) is 2. The Kier molecular flexibility index (Phi) is 2.49. The molecule has 0 atom stereocenters. The molecule has 90 valence electrons. The van der Waals surface area contributed by atoms with Gasteiger partial charge >= 0.3 is 0 Å². The summed E-state index contributed by atoms with van der Waals surface area (Å²) < 4.78 is 2.00. The summed E-state index contributed by atoms with van der Waals surface area (Å²) in [7, 11) is 0. The van der Waals surface area contributed by atoms with Crippen LogP contribution in [0, 0.1) is 6.92 Å². The van der Waals surface area contributed by atoms with Crippen molar-refractivity contribution in [3.05, 3.63) is 53.3 Å². The Balaban J connectivity index is 2.22. The van der Waals surface area contributed by atoms with E-state index in [9.17, 15) is 0 Å². The monoisotopic (exact) mass is 257 g/mol. The molecule has 0 radical (unpaired) electrons. The number of nitrogen functional groups attached to an aromatic ring is 1. The lowest BCUT2D eigenvalue weighted by Crippen LogP contribution is -1.92. The standard InChI is InChI=1S/C14H12ClN3/c1-9-2-4-11(7-12(9)15)18-8-17-13-6-10(16)3-5-14(13)18/h2-8H,16H2,1H3. The number of rotatable bonds is 1. The molecular formula is C14H12ClN3. The van der Waals surface area contributed by atoms with Gasteiger partial charge < -0.3 is 5.73 Å². The Hall–Kier alpha value is -2.00. The minimum atomic E-state index is 0.717. The van der Waals surface area contributed by atoms with Crippen molar-refractivity contribution in [1.82, 2.24) is 9.55 Å². The van der Waals surface area contributed by atoms with E-state index in [-0.39, 0.29) is 0 Å². The van der Waals surface area contributed by atoms with Crippen molar-refractivity contribution < 1.29 is 0 Å². The first kappa shape index (κ1) is 11.1. The van der Waals surface area contributed by atoms with E-state index in [2.05, 4.69) is 4.98 Å². The molecular weight excluding hydrogens is 246 g/mol. The Labute approximate surface area is 110 Å². The first-order valence-electron chi connectivity index (χ1n) is 5.64. The topological polar surface area (TPSA) is 43.8 Å². The molecule has 1 aromatic heterocycles. The van der Waals surface area contributed by atoms with Gasteiger partial charge in [-0.25, -0.2) is 4.98 Å². The Bertz CT molecular complexity index is 731. The SMILES string of the molecule is Cc1ccc(-n2cnc3cc(N)ccc32)cc1Cl. The summed E-state index contributed by atoms with van der Waals surface area (Å²) in [6.45, 7) is 1.98. The van der Waals surface area contributed by atoms with Crippen LogP contribution >= 0.6 is 11.6 Å². The van der Waals surface area contributed by atoms with Crippen molar-refractivity contribution in [2.75, 3.05) is 5.73 Å². The van der Waals surface area contributed by atoms with Gasteiger partial charge in [0.15, 0.2) is 0 Å². The van der Waals surface area contributed by atoms with E-state index in [4.69, 9.17) is 17.3 Å². The lowest BCUT2D eigenvalue weighted by atomic mass is 10.2. The molecule has 0 spiro atoms. The first-order valence-corrected chi connectivity index (χ1v) is 6.02. The Morgan fingerprint density at radius 2 is 2.00 bits per heavy atom. The molecule has 0 saturated carbocycles. The van der Waals surface area contributed by atoms with Gasteiger partial charge in [-0.2, -0.15) is 0 Å². The van der Waals surface area contributed by atoms with Crippen molar-refractivity contribution in [3.63, 3.8) is 0 Å².